The lowest BCUT2D eigenvalue weighted by atomic mass is 10.1. The van der Waals surface area contributed by atoms with Crippen LogP contribution in [-0.2, 0) is 4.74 Å². The lowest BCUT2D eigenvalue weighted by molar-refractivity contribution is 0.0600. The fourth-order valence-corrected chi connectivity index (χ4v) is 1.85. The van der Waals surface area contributed by atoms with Crippen molar-refractivity contribution in [3.8, 4) is 17.0 Å². The molecule has 0 saturated heterocycles. The van der Waals surface area contributed by atoms with Crippen LogP contribution in [0.25, 0.3) is 11.3 Å². The Balaban J connectivity index is 2.43. The van der Waals surface area contributed by atoms with E-state index in [9.17, 15) is 4.79 Å². The summed E-state index contributed by atoms with van der Waals surface area (Å²) in [6.07, 6.45) is 0. The molecule has 0 radical (unpaired) electrons. The maximum absolute atomic E-state index is 11.5. The van der Waals surface area contributed by atoms with E-state index in [1.165, 1.54) is 13.2 Å². The molecular weight excluding hydrogens is 266 g/mol. The van der Waals surface area contributed by atoms with E-state index in [-0.39, 0.29) is 5.15 Å². The number of carbonyl (C=O) groups excluding carboxylic acids is 1. The average Bonchev–Trinajstić information content (AvgIpc) is 2.45. The van der Waals surface area contributed by atoms with Crippen molar-refractivity contribution in [2.45, 2.75) is 0 Å². The van der Waals surface area contributed by atoms with Crippen molar-refractivity contribution >= 4 is 17.6 Å². The molecule has 0 fully saturated rings. The van der Waals surface area contributed by atoms with E-state index in [2.05, 4.69) is 9.72 Å². The van der Waals surface area contributed by atoms with Crippen LogP contribution in [0.15, 0.2) is 36.4 Å². The van der Waals surface area contributed by atoms with Gasteiger partial charge in [0.1, 0.15) is 10.9 Å². The van der Waals surface area contributed by atoms with Gasteiger partial charge in [0.05, 0.1) is 25.5 Å². The predicted octanol–water partition coefficient (Wildman–Crippen LogP) is 3.20. The second-order valence-corrected chi connectivity index (χ2v) is 4.17. The zero-order valence-corrected chi connectivity index (χ0v) is 11.3. The van der Waals surface area contributed by atoms with Gasteiger partial charge in [0.15, 0.2) is 0 Å². The zero-order chi connectivity index (χ0) is 13.8. The second-order valence-electron chi connectivity index (χ2n) is 3.78. The second kappa shape index (κ2) is 5.71. The summed E-state index contributed by atoms with van der Waals surface area (Å²) in [5, 5.41) is 0.244. The number of halogens is 1. The van der Waals surface area contributed by atoms with Crippen LogP contribution in [0.4, 0.5) is 0 Å². The molecule has 19 heavy (non-hydrogen) atoms. The molecule has 1 aromatic heterocycles. The molecule has 98 valence electrons. The van der Waals surface area contributed by atoms with Gasteiger partial charge in [0, 0.05) is 5.56 Å². The first kappa shape index (κ1) is 13.4. The molecule has 4 nitrogen and oxygen atoms in total. The van der Waals surface area contributed by atoms with Gasteiger partial charge in [0.25, 0.3) is 0 Å². The Morgan fingerprint density at radius 1 is 1.16 bits per heavy atom. The average molecular weight is 278 g/mol. The minimum Gasteiger partial charge on any atom is -0.497 e. The smallest absolute Gasteiger partial charge is 0.338 e. The molecule has 0 bridgehead atoms. The van der Waals surface area contributed by atoms with Crippen LogP contribution in [-0.4, -0.2) is 25.2 Å². The molecule has 0 unspecified atom stereocenters. The molecule has 5 heteroatoms. The van der Waals surface area contributed by atoms with Crippen LogP contribution < -0.4 is 4.74 Å². The van der Waals surface area contributed by atoms with Gasteiger partial charge < -0.3 is 9.47 Å². The third kappa shape index (κ3) is 3.03. The summed E-state index contributed by atoms with van der Waals surface area (Å²) < 4.78 is 9.76. The van der Waals surface area contributed by atoms with Crippen molar-refractivity contribution in [2.24, 2.45) is 0 Å². The van der Waals surface area contributed by atoms with Gasteiger partial charge in [-0.1, -0.05) is 11.6 Å². The van der Waals surface area contributed by atoms with E-state index in [0.29, 0.717) is 11.3 Å². The first-order valence-electron chi connectivity index (χ1n) is 5.54. The molecule has 1 heterocycles. The quantitative estimate of drug-likeness (QED) is 0.638. The molecule has 1 aromatic carbocycles. The Morgan fingerprint density at radius 2 is 1.84 bits per heavy atom. The molecule has 0 aliphatic rings. The monoisotopic (exact) mass is 277 g/mol. The van der Waals surface area contributed by atoms with Gasteiger partial charge in [-0.15, -0.1) is 0 Å². The van der Waals surface area contributed by atoms with E-state index in [1.807, 2.05) is 24.3 Å². The number of ether oxygens (including phenoxy) is 2. The molecule has 0 atom stereocenters. The minimum absolute atomic E-state index is 0.244. The Hall–Kier alpha value is -2.07. The Labute approximate surface area is 115 Å². The van der Waals surface area contributed by atoms with Crippen LogP contribution in [0.5, 0.6) is 5.75 Å². The van der Waals surface area contributed by atoms with E-state index >= 15 is 0 Å². The van der Waals surface area contributed by atoms with Crippen molar-refractivity contribution in [1.82, 2.24) is 4.98 Å². The third-order valence-electron chi connectivity index (χ3n) is 2.60. The number of pyridine rings is 1. The number of hydrogen-bond donors (Lipinski definition) is 0. The van der Waals surface area contributed by atoms with Crippen LogP contribution in [0, 0.1) is 0 Å². The highest BCUT2D eigenvalue weighted by molar-refractivity contribution is 6.29. The molecule has 0 aliphatic heterocycles. The Kier molecular flexibility index (Phi) is 4.02. The number of carbonyl (C=O) groups is 1. The summed E-state index contributed by atoms with van der Waals surface area (Å²) in [6, 6.07) is 10.4. The van der Waals surface area contributed by atoms with E-state index < -0.39 is 5.97 Å². The summed E-state index contributed by atoms with van der Waals surface area (Å²) in [4.78, 5) is 15.7. The van der Waals surface area contributed by atoms with Crippen molar-refractivity contribution in [1.29, 1.82) is 0 Å². The molecule has 0 N–H and O–H groups in total. The van der Waals surface area contributed by atoms with Gasteiger partial charge in [-0.2, -0.15) is 0 Å². The SMILES string of the molecule is COC(=O)c1cc(Cl)nc(-c2ccc(OC)cc2)c1. The highest BCUT2D eigenvalue weighted by Crippen LogP contribution is 2.23. The summed E-state index contributed by atoms with van der Waals surface area (Å²) in [5.74, 6) is 0.304. The number of benzene rings is 1. The highest BCUT2D eigenvalue weighted by Gasteiger charge is 2.10. The van der Waals surface area contributed by atoms with Crippen molar-refractivity contribution in [2.75, 3.05) is 14.2 Å². The molecule has 0 spiro atoms. The molecule has 0 aliphatic carbocycles. The summed E-state index contributed by atoms with van der Waals surface area (Å²) in [7, 11) is 2.92. The first-order valence-corrected chi connectivity index (χ1v) is 5.92. The van der Waals surface area contributed by atoms with Crippen molar-refractivity contribution < 1.29 is 14.3 Å². The minimum atomic E-state index is -0.445. The lowest BCUT2D eigenvalue weighted by Gasteiger charge is -2.06. The standard InChI is InChI=1S/C14H12ClNO3/c1-18-11-5-3-9(4-6-11)12-7-10(14(17)19-2)8-13(15)16-12/h3-8H,1-2H3. The van der Waals surface area contributed by atoms with Crippen molar-refractivity contribution in [3.05, 3.63) is 47.1 Å². The summed E-state index contributed by atoms with van der Waals surface area (Å²) in [6.45, 7) is 0. The van der Waals surface area contributed by atoms with Crippen molar-refractivity contribution in [3.63, 3.8) is 0 Å². The van der Waals surface area contributed by atoms with E-state index in [1.54, 1.807) is 13.2 Å². The summed E-state index contributed by atoms with van der Waals surface area (Å²) in [5.41, 5.74) is 1.82. The fourth-order valence-electron chi connectivity index (χ4n) is 1.64. The molecule has 2 aromatic rings. The Morgan fingerprint density at radius 3 is 2.42 bits per heavy atom. The van der Waals surface area contributed by atoms with Crippen LogP contribution in [0.1, 0.15) is 10.4 Å². The summed E-state index contributed by atoms with van der Waals surface area (Å²) >= 11 is 5.92. The zero-order valence-electron chi connectivity index (χ0n) is 10.5. The predicted molar refractivity (Wildman–Crippen MR) is 72.6 cm³/mol. The lowest BCUT2D eigenvalue weighted by Crippen LogP contribution is -2.02. The number of esters is 1. The van der Waals surface area contributed by atoms with E-state index in [4.69, 9.17) is 16.3 Å². The van der Waals surface area contributed by atoms with Gasteiger partial charge >= 0.3 is 5.97 Å². The van der Waals surface area contributed by atoms with Gasteiger partial charge in [0.2, 0.25) is 0 Å². The maximum Gasteiger partial charge on any atom is 0.338 e. The molecule has 0 saturated carbocycles. The van der Waals surface area contributed by atoms with Gasteiger partial charge in [-0.3, -0.25) is 0 Å². The maximum atomic E-state index is 11.5. The van der Waals surface area contributed by atoms with E-state index in [0.717, 1.165) is 11.3 Å². The fraction of sp³-hybridized carbons (Fsp3) is 0.143. The van der Waals surface area contributed by atoms with Crippen LogP contribution in [0.2, 0.25) is 5.15 Å². The Bertz CT molecular complexity index is 596. The highest BCUT2D eigenvalue weighted by atomic mass is 35.5. The molecule has 2 rings (SSSR count). The number of aromatic nitrogens is 1. The number of nitrogens with zero attached hydrogens (tertiary/aromatic N) is 1. The molecular formula is C14H12ClNO3. The molecule has 0 amide bonds. The van der Waals surface area contributed by atoms with Crippen LogP contribution >= 0.6 is 11.6 Å². The normalized spacial score (nSPS) is 10.1. The number of rotatable bonds is 3. The largest absolute Gasteiger partial charge is 0.497 e. The third-order valence-corrected chi connectivity index (χ3v) is 2.79. The first-order chi connectivity index (χ1) is 9.13. The van der Waals surface area contributed by atoms with Crippen LogP contribution in [0.3, 0.4) is 0 Å². The van der Waals surface area contributed by atoms with Gasteiger partial charge in [-0.05, 0) is 36.4 Å². The topological polar surface area (TPSA) is 48.4 Å². The number of methoxy groups -OCH3 is 2. The number of hydrogen-bond acceptors (Lipinski definition) is 4. The van der Waals surface area contributed by atoms with Gasteiger partial charge in [-0.25, -0.2) is 9.78 Å².